The van der Waals surface area contributed by atoms with E-state index in [-0.39, 0.29) is 24.5 Å². The Labute approximate surface area is 168 Å². The number of ether oxygens (including phenoxy) is 1. The lowest BCUT2D eigenvalue weighted by Crippen LogP contribution is -2.31. The second-order valence-corrected chi connectivity index (χ2v) is 7.48. The van der Waals surface area contributed by atoms with E-state index in [0.717, 1.165) is 22.0 Å². The van der Waals surface area contributed by atoms with Gasteiger partial charge in [-0.2, -0.15) is 0 Å². The second kappa shape index (κ2) is 9.55. The summed E-state index contributed by atoms with van der Waals surface area (Å²) in [4.78, 5) is 24.2. The Kier molecular flexibility index (Phi) is 7.42. The number of hydrogen-bond donors (Lipinski definition) is 2. The van der Waals surface area contributed by atoms with Crippen molar-refractivity contribution in [1.29, 1.82) is 0 Å². The molecule has 2 rings (SSSR count). The standard InChI is InChI=1S/C21H25BrN2O3/c1-5-15(4)23-21(26)16-6-8-18(9-7-16)24-19(25)12-27-20-13(2)10-17(22)11-14(20)3/h6-11,15H,5,12H2,1-4H3,(H,23,26)(H,24,25). The number of carbonyl (C=O) groups excluding carboxylic acids is 2. The minimum Gasteiger partial charge on any atom is -0.483 e. The first-order valence-corrected chi connectivity index (χ1v) is 9.69. The molecule has 6 heteroatoms. The zero-order valence-electron chi connectivity index (χ0n) is 16.1. The lowest BCUT2D eigenvalue weighted by molar-refractivity contribution is -0.118. The summed E-state index contributed by atoms with van der Waals surface area (Å²) in [5, 5.41) is 5.69. The Morgan fingerprint density at radius 1 is 1.11 bits per heavy atom. The molecule has 0 aliphatic heterocycles. The third kappa shape index (κ3) is 6.10. The van der Waals surface area contributed by atoms with Gasteiger partial charge in [0.1, 0.15) is 5.75 Å². The molecule has 0 spiro atoms. The summed E-state index contributed by atoms with van der Waals surface area (Å²) in [7, 11) is 0. The predicted molar refractivity (Wildman–Crippen MR) is 111 cm³/mol. The highest BCUT2D eigenvalue weighted by molar-refractivity contribution is 9.10. The summed E-state index contributed by atoms with van der Waals surface area (Å²) in [6.45, 7) is 7.77. The number of carbonyl (C=O) groups is 2. The van der Waals surface area contributed by atoms with Crippen LogP contribution in [0.2, 0.25) is 0 Å². The maximum absolute atomic E-state index is 12.2. The van der Waals surface area contributed by atoms with Crippen LogP contribution in [0.5, 0.6) is 5.75 Å². The van der Waals surface area contributed by atoms with Crippen LogP contribution in [-0.4, -0.2) is 24.5 Å². The van der Waals surface area contributed by atoms with Crippen LogP contribution in [0.15, 0.2) is 40.9 Å². The molecular weight excluding hydrogens is 408 g/mol. The number of amides is 2. The highest BCUT2D eigenvalue weighted by Crippen LogP contribution is 2.27. The van der Waals surface area contributed by atoms with E-state index in [2.05, 4.69) is 26.6 Å². The van der Waals surface area contributed by atoms with Gasteiger partial charge in [-0.25, -0.2) is 0 Å². The number of nitrogens with one attached hydrogen (secondary N) is 2. The Bertz CT molecular complexity index is 796. The molecule has 0 aliphatic carbocycles. The van der Waals surface area contributed by atoms with Crippen LogP contribution >= 0.6 is 15.9 Å². The molecule has 1 atom stereocenters. The molecule has 27 heavy (non-hydrogen) atoms. The number of anilines is 1. The summed E-state index contributed by atoms with van der Waals surface area (Å²) in [6.07, 6.45) is 0.872. The first-order chi connectivity index (χ1) is 12.8. The van der Waals surface area contributed by atoms with Crippen LogP contribution in [0.4, 0.5) is 5.69 Å². The number of hydrogen-bond acceptors (Lipinski definition) is 3. The average Bonchev–Trinajstić information content (AvgIpc) is 2.61. The third-order valence-corrected chi connectivity index (χ3v) is 4.65. The van der Waals surface area contributed by atoms with Gasteiger partial charge >= 0.3 is 0 Å². The van der Waals surface area contributed by atoms with Gasteiger partial charge < -0.3 is 15.4 Å². The van der Waals surface area contributed by atoms with Gasteiger partial charge in [-0.05, 0) is 74.7 Å². The molecule has 0 aromatic heterocycles. The molecule has 5 nitrogen and oxygen atoms in total. The lowest BCUT2D eigenvalue weighted by atomic mass is 10.1. The minimum absolute atomic E-state index is 0.0838. The maximum atomic E-state index is 12.2. The van der Waals surface area contributed by atoms with Crippen molar-refractivity contribution in [3.05, 3.63) is 57.6 Å². The summed E-state index contributed by atoms with van der Waals surface area (Å²) in [6, 6.07) is 10.8. The van der Waals surface area contributed by atoms with Crippen LogP contribution in [0.25, 0.3) is 0 Å². The smallest absolute Gasteiger partial charge is 0.262 e. The minimum atomic E-state index is -0.256. The fourth-order valence-corrected chi connectivity index (χ4v) is 3.26. The molecular formula is C21H25BrN2O3. The molecule has 144 valence electrons. The van der Waals surface area contributed by atoms with Crippen molar-refractivity contribution >= 4 is 33.4 Å². The molecule has 2 aromatic rings. The molecule has 0 fully saturated rings. The van der Waals surface area contributed by atoms with E-state index in [1.165, 1.54) is 0 Å². The van der Waals surface area contributed by atoms with E-state index in [1.54, 1.807) is 24.3 Å². The second-order valence-electron chi connectivity index (χ2n) is 6.57. The molecule has 1 unspecified atom stereocenters. The zero-order chi connectivity index (χ0) is 20.0. The summed E-state index contributed by atoms with van der Waals surface area (Å²) in [5.74, 6) is 0.339. The molecule has 0 radical (unpaired) electrons. The topological polar surface area (TPSA) is 67.4 Å². The molecule has 2 N–H and O–H groups in total. The largest absolute Gasteiger partial charge is 0.483 e. The van der Waals surface area contributed by atoms with Crippen molar-refractivity contribution in [2.45, 2.75) is 40.2 Å². The van der Waals surface area contributed by atoms with Crippen LogP contribution in [-0.2, 0) is 4.79 Å². The maximum Gasteiger partial charge on any atom is 0.262 e. The van der Waals surface area contributed by atoms with E-state index in [9.17, 15) is 9.59 Å². The van der Waals surface area contributed by atoms with E-state index < -0.39 is 0 Å². The van der Waals surface area contributed by atoms with Gasteiger partial charge in [0.15, 0.2) is 6.61 Å². The number of rotatable bonds is 7. The number of halogens is 1. The number of aryl methyl sites for hydroxylation is 2. The van der Waals surface area contributed by atoms with Crippen LogP contribution in [0.3, 0.4) is 0 Å². The van der Waals surface area contributed by atoms with E-state index >= 15 is 0 Å². The third-order valence-electron chi connectivity index (χ3n) is 4.19. The fourth-order valence-electron chi connectivity index (χ4n) is 2.57. The Hall–Kier alpha value is -2.34. The van der Waals surface area contributed by atoms with Gasteiger partial charge in [0, 0.05) is 21.8 Å². The average molecular weight is 433 g/mol. The van der Waals surface area contributed by atoms with E-state index in [0.29, 0.717) is 17.0 Å². The van der Waals surface area contributed by atoms with E-state index in [4.69, 9.17) is 4.74 Å². The van der Waals surface area contributed by atoms with Crippen molar-refractivity contribution in [1.82, 2.24) is 5.32 Å². The van der Waals surface area contributed by atoms with E-state index in [1.807, 2.05) is 39.8 Å². The van der Waals surface area contributed by atoms with Gasteiger partial charge in [-0.15, -0.1) is 0 Å². The van der Waals surface area contributed by atoms with Crippen LogP contribution in [0.1, 0.15) is 41.8 Å². The summed E-state index contributed by atoms with van der Waals surface area (Å²) < 4.78 is 6.66. The molecule has 0 saturated heterocycles. The first-order valence-electron chi connectivity index (χ1n) is 8.90. The van der Waals surface area contributed by atoms with Crippen molar-refractivity contribution in [2.24, 2.45) is 0 Å². The van der Waals surface area contributed by atoms with Crippen LogP contribution < -0.4 is 15.4 Å². The summed E-state index contributed by atoms with van der Waals surface area (Å²) >= 11 is 3.44. The Balaban J connectivity index is 1.92. The monoisotopic (exact) mass is 432 g/mol. The van der Waals surface area contributed by atoms with Gasteiger partial charge in [0.2, 0.25) is 0 Å². The normalized spacial score (nSPS) is 11.6. The summed E-state index contributed by atoms with van der Waals surface area (Å²) in [5.41, 5.74) is 3.11. The zero-order valence-corrected chi connectivity index (χ0v) is 17.6. The fraction of sp³-hybridized carbons (Fsp3) is 0.333. The van der Waals surface area contributed by atoms with Crippen molar-refractivity contribution < 1.29 is 14.3 Å². The van der Waals surface area contributed by atoms with Crippen molar-refractivity contribution in [3.63, 3.8) is 0 Å². The molecule has 2 amide bonds. The molecule has 0 heterocycles. The van der Waals surface area contributed by atoms with Gasteiger partial charge in [-0.1, -0.05) is 22.9 Å². The molecule has 0 saturated carbocycles. The predicted octanol–water partition coefficient (Wildman–Crippen LogP) is 4.61. The van der Waals surface area contributed by atoms with Crippen molar-refractivity contribution in [2.75, 3.05) is 11.9 Å². The number of benzene rings is 2. The van der Waals surface area contributed by atoms with Crippen LogP contribution in [0, 0.1) is 13.8 Å². The lowest BCUT2D eigenvalue weighted by Gasteiger charge is -2.13. The highest BCUT2D eigenvalue weighted by Gasteiger charge is 2.11. The molecule has 0 aliphatic rings. The van der Waals surface area contributed by atoms with Gasteiger partial charge in [0.05, 0.1) is 0 Å². The Morgan fingerprint density at radius 3 is 2.26 bits per heavy atom. The van der Waals surface area contributed by atoms with Gasteiger partial charge in [0.25, 0.3) is 11.8 Å². The van der Waals surface area contributed by atoms with Gasteiger partial charge in [-0.3, -0.25) is 9.59 Å². The first kappa shape index (κ1) is 21.0. The quantitative estimate of drug-likeness (QED) is 0.670. The molecule has 0 bridgehead atoms. The SMILES string of the molecule is CCC(C)NC(=O)c1ccc(NC(=O)COc2c(C)cc(Br)cc2C)cc1. The Morgan fingerprint density at radius 2 is 1.70 bits per heavy atom. The molecule has 2 aromatic carbocycles. The van der Waals surface area contributed by atoms with Crippen molar-refractivity contribution in [3.8, 4) is 5.75 Å². The highest BCUT2D eigenvalue weighted by atomic mass is 79.9.